The highest BCUT2D eigenvalue weighted by Crippen LogP contribution is 2.34. The van der Waals surface area contributed by atoms with Crippen LogP contribution in [0.5, 0.6) is 0 Å². The highest BCUT2D eigenvalue weighted by atomic mass is 16.7. The monoisotopic (exact) mass is 334 g/mol. The van der Waals surface area contributed by atoms with E-state index in [2.05, 4.69) is 4.90 Å². The van der Waals surface area contributed by atoms with Gasteiger partial charge in [0.15, 0.2) is 0 Å². The van der Waals surface area contributed by atoms with E-state index in [9.17, 15) is 4.79 Å². The van der Waals surface area contributed by atoms with Gasteiger partial charge in [0.2, 0.25) is 0 Å². The van der Waals surface area contributed by atoms with Gasteiger partial charge in [0, 0.05) is 13.1 Å². The number of likely N-dealkylation sites (tertiary alicyclic amines) is 1. The Kier molecular flexibility index (Phi) is 4.61. The molecule has 6 heteroatoms. The van der Waals surface area contributed by atoms with Crippen molar-refractivity contribution in [3.05, 3.63) is 23.7 Å². The summed E-state index contributed by atoms with van der Waals surface area (Å²) in [7, 11) is 0. The second-order valence-electron chi connectivity index (χ2n) is 7.18. The minimum absolute atomic E-state index is 0.0114. The minimum atomic E-state index is -0.330. The Morgan fingerprint density at radius 2 is 2.21 bits per heavy atom. The van der Waals surface area contributed by atoms with Crippen LogP contribution in [0.15, 0.2) is 16.5 Å². The summed E-state index contributed by atoms with van der Waals surface area (Å²) in [5.41, 5.74) is 0. The molecule has 24 heavy (non-hydrogen) atoms. The molecule has 0 unspecified atom stereocenters. The molecule has 0 spiro atoms. The van der Waals surface area contributed by atoms with E-state index < -0.39 is 0 Å². The number of carbonyl (C=O) groups is 1. The van der Waals surface area contributed by atoms with Gasteiger partial charge in [-0.05, 0) is 57.2 Å². The molecule has 0 bridgehead atoms. The molecule has 3 fully saturated rings. The highest BCUT2D eigenvalue weighted by molar-refractivity contribution is 5.80. The van der Waals surface area contributed by atoms with Crippen molar-refractivity contribution in [2.75, 3.05) is 26.2 Å². The topological polar surface area (TPSA) is 55.2 Å². The van der Waals surface area contributed by atoms with Gasteiger partial charge in [-0.3, -0.25) is 14.5 Å². The third-order valence-corrected chi connectivity index (χ3v) is 5.34. The van der Waals surface area contributed by atoms with E-state index in [4.69, 9.17) is 14.0 Å². The number of piperidine rings is 1. The lowest BCUT2D eigenvalue weighted by atomic mass is 9.91. The summed E-state index contributed by atoms with van der Waals surface area (Å²) < 4.78 is 11.8. The third kappa shape index (κ3) is 3.36. The molecule has 3 saturated heterocycles. The van der Waals surface area contributed by atoms with Crippen molar-refractivity contribution in [3.8, 4) is 0 Å². The fourth-order valence-electron chi connectivity index (χ4n) is 4.02. The molecule has 3 atom stereocenters. The molecule has 6 nitrogen and oxygen atoms in total. The van der Waals surface area contributed by atoms with Crippen LogP contribution in [-0.4, -0.2) is 54.3 Å². The molecular weight excluding hydrogens is 308 g/mol. The van der Waals surface area contributed by atoms with Crippen LogP contribution in [-0.2, 0) is 20.9 Å². The second-order valence-corrected chi connectivity index (χ2v) is 7.18. The number of furan rings is 1. The van der Waals surface area contributed by atoms with Crippen molar-refractivity contribution < 1.29 is 18.8 Å². The molecule has 3 aliphatic heterocycles. The number of nitrogens with zero attached hydrogens (tertiary/aromatic N) is 2. The van der Waals surface area contributed by atoms with E-state index in [1.54, 1.807) is 0 Å². The minimum Gasteiger partial charge on any atom is -0.465 e. The Morgan fingerprint density at radius 1 is 1.29 bits per heavy atom. The molecule has 4 rings (SSSR count). The molecule has 1 aromatic rings. The first-order valence-electron chi connectivity index (χ1n) is 9.06. The number of fused-ring (bicyclic) bond motifs is 1. The maximum Gasteiger partial charge on any atom is 0.275 e. The number of hydrogen-bond donors (Lipinski definition) is 0. The molecule has 4 heterocycles. The number of aryl methyl sites for hydroxylation is 1. The van der Waals surface area contributed by atoms with Gasteiger partial charge < -0.3 is 9.15 Å². The van der Waals surface area contributed by atoms with Gasteiger partial charge in [0.1, 0.15) is 17.6 Å². The summed E-state index contributed by atoms with van der Waals surface area (Å²) in [5, 5.41) is 1.52. The van der Waals surface area contributed by atoms with Crippen LogP contribution in [0.1, 0.15) is 37.2 Å². The normalized spacial score (nSPS) is 31.2. The Labute approximate surface area is 142 Å². The molecule has 3 aliphatic rings. The zero-order valence-electron chi connectivity index (χ0n) is 14.3. The SMILES string of the molecule is Cc1ccc(CN2CC[C@@H]3C[C@H](C(=O)N4CCCCO4)O[C@H]3C2)o1. The quantitative estimate of drug-likeness (QED) is 0.847. The first-order valence-corrected chi connectivity index (χ1v) is 9.06. The fourth-order valence-corrected chi connectivity index (χ4v) is 4.02. The summed E-state index contributed by atoms with van der Waals surface area (Å²) in [6, 6.07) is 4.04. The van der Waals surface area contributed by atoms with Gasteiger partial charge in [-0.15, -0.1) is 0 Å². The number of amides is 1. The van der Waals surface area contributed by atoms with Crippen molar-refractivity contribution in [1.82, 2.24) is 9.96 Å². The summed E-state index contributed by atoms with van der Waals surface area (Å²) in [4.78, 5) is 20.4. The van der Waals surface area contributed by atoms with E-state index in [0.29, 0.717) is 19.1 Å². The average molecular weight is 334 g/mol. The van der Waals surface area contributed by atoms with Gasteiger partial charge in [0.05, 0.1) is 19.3 Å². The van der Waals surface area contributed by atoms with Gasteiger partial charge >= 0.3 is 0 Å². The zero-order chi connectivity index (χ0) is 16.5. The lowest BCUT2D eigenvalue weighted by Gasteiger charge is -2.33. The highest BCUT2D eigenvalue weighted by Gasteiger charge is 2.43. The van der Waals surface area contributed by atoms with Gasteiger partial charge in [-0.1, -0.05) is 0 Å². The lowest BCUT2D eigenvalue weighted by Crippen LogP contribution is -2.43. The summed E-state index contributed by atoms with van der Waals surface area (Å²) >= 11 is 0. The van der Waals surface area contributed by atoms with Gasteiger partial charge in [-0.25, -0.2) is 5.06 Å². The number of hydroxylamine groups is 2. The van der Waals surface area contributed by atoms with Crippen molar-refractivity contribution in [2.24, 2.45) is 5.92 Å². The number of hydrogen-bond acceptors (Lipinski definition) is 5. The van der Waals surface area contributed by atoms with Crippen molar-refractivity contribution in [3.63, 3.8) is 0 Å². The third-order valence-electron chi connectivity index (χ3n) is 5.34. The van der Waals surface area contributed by atoms with E-state index >= 15 is 0 Å². The predicted octanol–water partition coefficient (Wildman–Crippen LogP) is 2.12. The standard InChI is InChI=1S/C18H26N2O4/c1-13-4-5-15(23-13)11-19-8-6-14-10-16(24-17(14)12-19)18(21)20-7-2-3-9-22-20/h4-5,14,16-17H,2-3,6-12H2,1H3/t14-,16-,17+/m1/s1. The molecular formula is C18H26N2O4. The van der Waals surface area contributed by atoms with Crippen molar-refractivity contribution >= 4 is 5.91 Å². The molecule has 0 N–H and O–H groups in total. The van der Waals surface area contributed by atoms with Crippen LogP contribution in [0.25, 0.3) is 0 Å². The fraction of sp³-hybridized carbons (Fsp3) is 0.722. The number of rotatable bonds is 3. The van der Waals surface area contributed by atoms with Crippen LogP contribution in [0, 0.1) is 12.8 Å². The largest absolute Gasteiger partial charge is 0.465 e. The van der Waals surface area contributed by atoms with Gasteiger partial charge in [0.25, 0.3) is 5.91 Å². The zero-order valence-corrected chi connectivity index (χ0v) is 14.3. The Hall–Kier alpha value is -1.37. The van der Waals surface area contributed by atoms with E-state index in [1.807, 2.05) is 19.1 Å². The van der Waals surface area contributed by atoms with Crippen LogP contribution < -0.4 is 0 Å². The molecule has 0 saturated carbocycles. The Bertz CT molecular complexity index is 581. The average Bonchev–Trinajstić information content (AvgIpc) is 3.20. The smallest absolute Gasteiger partial charge is 0.275 e. The second kappa shape index (κ2) is 6.86. The Morgan fingerprint density at radius 3 is 2.96 bits per heavy atom. The number of ether oxygens (including phenoxy) is 1. The van der Waals surface area contributed by atoms with Gasteiger partial charge in [-0.2, -0.15) is 0 Å². The first kappa shape index (κ1) is 16.1. The first-order chi connectivity index (χ1) is 11.7. The summed E-state index contributed by atoms with van der Waals surface area (Å²) in [5.74, 6) is 2.44. The van der Waals surface area contributed by atoms with E-state index in [0.717, 1.165) is 56.8 Å². The van der Waals surface area contributed by atoms with Crippen LogP contribution in [0.4, 0.5) is 0 Å². The van der Waals surface area contributed by atoms with Crippen LogP contribution in [0.2, 0.25) is 0 Å². The lowest BCUT2D eigenvalue weighted by molar-refractivity contribution is -0.206. The maximum absolute atomic E-state index is 12.6. The summed E-state index contributed by atoms with van der Waals surface area (Å²) in [6.07, 6.45) is 3.77. The maximum atomic E-state index is 12.6. The van der Waals surface area contributed by atoms with Crippen molar-refractivity contribution in [2.45, 2.75) is 51.4 Å². The molecule has 1 aromatic heterocycles. The van der Waals surface area contributed by atoms with E-state index in [1.165, 1.54) is 5.06 Å². The molecule has 1 amide bonds. The Balaban J connectivity index is 1.32. The van der Waals surface area contributed by atoms with Crippen molar-refractivity contribution in [1.29, 1.82) is 0 Å². The molecule has 0 aromatic carbocycles. The van der Waals surface area contributed by atoms with E-state index in [-0.39, 0.29) is 18.1 Å². The molecule has 132 valence electrons. The predicted molar refractivity (Wildman–Crippen MR) is 87.0 cm³/mol. The number of carbonyl (C=O) groups excluding carboxylic acids is 1. The van der Waals surface area contributed by atoms with Crippen LogP contribution >= 0.6 is 0 Å². The molecule has 0 aliphatic carbocycles. The van der Waals surface area contributed by atoms with Crippen LogP contribution in [0.3, 0.4) is 0 Å². The molecule has 0 radical (unpaired) electrons. The summed E-state index contributed by atoms with van der Waals surface area (Å²) in [6.45, 7) is 6.02.